The third-order valence-corrected chi connectivity index (χ3v) is 4.19. The fraction of sp³-hybridized carbons (Fsp3) is 0.0667. The Morgan fingerprint density at radius 2 is 1.96 bits per heavy atom. The summed E-state index contributed by atoms with van der Waals surface area (Å²) in [7, 11) is 1.61. The summed E-state index contributed by atoms with van der Waals surface area (Å²) in [5.74, 6) is -0.659. The van der Waals surface area contributed by atoms with Crippen molar-refractivity contribution in [3.05, 3.63) is 58.6 Å². The molecule has 0 bridgehead atoms. The molecule has 2 aromatic heterocycles. The summed E-state index contributed by atoms with van der Waals surface area (Å²) in [4.78, 5) is 26.1. The first-order chi connectivity index (χ1) is 11.0. The van der Waals surface area contributed by atoms with Crippen LogP contribution in [-0.2, 0) is 0 Å². The van der Waals surface area contributed by atoms with E-state index in [9.17, 15) is 9.18 Å². The SMILES string of the molecule is CN(C(=O)c1ccc(F)cc1)c1nc(-c2cc(Cl)ncn2)cs1. The Kier molecular flexibility index (Phi) is 4.31. The molecule has 5 nitrogen and oxygen atoms in total. The predicted octanol–water partition coefficient (Wildman–Crippen LogP) is 3.67. The van der Waals surface area contributed by atoms with Crippen molar-refractivity contribution in [2.24, 2.45) is 0 Å². The van der Waals surface area contributed by atoms with Gasteiger partial charge in [-0.3, -0.25) is 9.69 Å². The van der Waals surface area contributed by atoms with Gasteiger partial charge in [0.05, 0.1) is 5.69 Å². The lowest BCUT2D eigenvalue weighted by atomic mass is 10.2. The van der Waals surface area contributed by atoms with Gasteiger partial charge < -0.3 is 0 Å². The van der Waals surface area contributed by atoms with Crippen LogP contribution in [0.15, 0.2) is 42.0 Å². The largest absolute Gasteiger partial charge is 0.287 e. The van der Waals surface area contributed by atoms with Gasteiger partial charge in [0.1, 0.15) is 23.0 Å². The first-order valence-electron chi connectivity index (χ1n) is 6.51. The molecule has 0 aliphatic carbocycles. The van der Waals surface area contributed by atoms with Crippen LogP contribution in [0.2, 0.25) is 5.15 Å². The number of nitrogens with zero attached hydrogens (tertiary/aromatic N) is 4. The molecule has 0 aliphatic heterocycles. The molecule has 0 N–H and O–H groups in total. The molecule has 3 rings (SSSR count). The van der Waals surface area contributed by atoms with Crippen LogP contribution in [0.1, 0.15) is 10.4 Å². The van der Waals surface area contributed by atoms with Crippen molar-refractivity contribution in [2.75, 3.05) is 11.9 Å². The third-order valence-electron chi connectivity index (χ3n) is 3.07. The number of hydrogen-bond acceptors (Lipinski definition) is 5. The standard InChI is InChI=1S/C15H10ClFN4OS/c1-21(14(22)9-2-4-10(17)5-3-9)15-20-12(7-23-15)11-6-13(16)19-8-18-11/h2-8H,1H3. The highest BCUT2D eigenvalue weighted by Crippen LogP contribution is 2.27. The monoisotopic (exact) mass is 348 g/mol. The van der Waals surface area contributed by atoms with Crippen LogP contribution >= 0.6 is 22.9 Å². The van der Waals surface area contributed by atoms with Crippen LogP contribution in [0.5, 0.6) is 0 Å². The highest BCUT2D eigenvalue weighted by molar-refractivity contribution is 7.14. The van der Waals surface area contributed by atoms with Crippen molar-refractivity contribution in [1.82, 2.24) is 15.0 Å². The van der Waals surface area contributed by atoms with Crippen molar-refractivity contribution in [3.63, 3.8) is 0 Å². The molecule has 0 spiro atoms. The van der Waals surface area contributed by atoms with Crippen LogP contribution in [-0.4, -0.2) is 27.9 Å². The fourth-order valence-corrected chi connectivity index (χ4v) is 2.81. The van der Waals surface area contributed by atoms with E-state index in [0.717, 1.165) is 0 Å². The Morgan fingerprint density at radius 1 is 1.22 bits per heavy atom. The lowest BCUT2D eigenvalue weighted by Crippen LogP contribution is -2.26. The van der Waals surface area contributed by atoms with Crippen molar-refractivity contribution < 1.29 is 9.18 Å². The molecule has 0 radical (unpaired) electrons. The smallest absolute Gasteiger partial charge is 0.259 e. The Balaban J connectivity index is 1.84. The maximum Gasteiger partial charge on any atom is 0.259 e. The van der Waals surface area contributed by atoms with E-state index >= 15 is 0 Å². The molecule has 23 heavy (non-hydrogen) atoms. The van der Waals surface area contributed by atoms with E-state index in [-0.39, 0.29) is 11.7 Å². The molecular formula is C15H10ClFN4OS. The molecule has 0 aliphatic rings. The van der Waals surface area contributed by atoms with Crippen molar-refractivity contribution in [1.29, 1.82) is 0 Å². The Morgan fingerprint density at radius 3 is 2.65 bits per heavy atom. The summed E-state index contributed by atoms with van der Waals surface area (Å²) >= 11 is 7.14. The van der Waals surface area contributed by atoms with E-state index in [0.29, 0.717) is 27.2 Å². The van der Waals surface area contributed by atoms with Crippen LogP contribution in [0.4, 0.5) is 9.52 Å². The van der Waals surface area contributed by atoms with E-state index in [1.54, 1.807) is 18.5 Å². The number of rotatable bonds is 3. The van der Waals surface area contributed by atoms with E-state index < -0.39 is 0 Å². The average molecular weight is 349 g/mol. The molecule has 0 saturated carbocycles. The number of aromatic nitrogens is 3. The highest BCUT2D eigenvalue weighted by Gasteiger charge is 2.17. The Hall–Kier alpha value is -2.38. The zero-order valence-electron chi connectivity index (χ0n) is 11.9. The summed E-state index contributed by atoms with van der Waals surface area (Å²) in [5.41, 5.74) is 1.57. The van der Waals surface area contributed by atoms with Gasteiger partial charge in [0, 0.05) is 24.1 Å². The topological polar surface area (TPSA) is 59.0 Å². The molecule has 116 valence electrons. The predicted molar refractivity (Wildman–Crippen MR) is 87.3 cm³/mol. The molecule has 0 unspecified atom stereocenters. The van der Waals surface area contributed by atoms with Gasteiger partial charge in [0.15, 0.2) is 5.13 Å². The Labute approximate surface area is 140 Å². The van der Waals surface area contributed by atoms with Gasteiger partial charge in [0.2, 0.25) is 0 Å². The normalized spacial score (nSPS) is 10.6. The van der Waals surface area contributed by atoms with Crippen LogP contribution < -0.4 is 4.90 Å². The first-order valence-corrected chi connectivity index (χ1v) is 7.77. The maximum atomic E-state index is 12.9. The molecule has 1 amide bonds. The van der Waals surface area contributed by atoms with Crippen LogP contribution in [0.3, 0.4) is 0 Å². The van der Waals surface area contributed by atoms with Gasteiger partial charge in [-0.15, -0.1) is 11.3 Å². The molecule has 2 heterocycles. The molecule has 0 saturated heterocycles. The number of anilines is 1. The zero-order chi connectivity index (χ0) is 16.4. The van der Waals surface area contributed by atoms with Gasteiger partial charge >= 0.3 is 0 Å². The van der Waals surface area contributed by atoms with Gasteiger partial charge in [-0.2, -0.15) is 0 Å². The molecular weight excluding hydrogens is 339 g/mol. The van der Waals surface area contributed by atoms with Gasteiger partial charge in [-0.05, 0) is 24.3 Å². The number of thiazole rings is 1. The fourth-order valence-electron chi connectivity index (χ4n) is 1.88. The Bertz CT molecular complexity index is 853. The van der Waals surface area contributed by atoms with Crippen LogP contribution in [0, 0.1) is 5.82 Å². The second-order valence-electron chi connectivity index (χ2n) is 4.61. The van der Waals surface area contributed by atoms with Gasteiger partial charge in [-0.25, -0.2) is 19.3 Å². The molecule has 0 fully saturated rings. The zero-order valence-corrected chi connectivity index (χ0v) is 13.5. The van der Waals surface area contributed by atoms with Crippen molar-refractivity contribution in [3.8, 4) is 11.4 Å². The van der Waals surface area contributed by atoms with E-state index in [2.05, 4.69) is 15.0 Å². The minimum atomic E-state index is -0.388. The second kappa shape index (κ2) is 6.39. The van der Waals surface area contributed by atoms with Crippen molar-refractivity contribution >= 4 is 34.0 Å². The quantitative estimate of drug-likeness (QED) is 0.678. The lowest BCUT2D eigenvalue weighted by Gasteiger charge is -2.13. The number of benzene rings is 1. The summed E-state index contributed by atoms with van der Waals surface area (Å²) in [5, 5.41) is 2.60. The number of amides is 1. The molecule has 1 aromatic carbocycles. The lowest BCUT2D eigenvalue weighted by molar-refractivity contribution is 0.0993. The number of carbonyl (C=O) groups excluding carboxylic acids is 1. The molecule has 8 heteroatoms. The van der Waals surface area contributed by atoms with E-state index in [4.69, 9.17) is 11.6 Å². The minimum absolute atomic E-state index is 0.272. The number of carbonyl (C=O) groups is 1. The van der Waals surface area contributed by atoms with Gasteiger partial charge in [-0.1, -0.05) is 11.6 Å². The minimum Gasteiger partial charge on any atom is -0.287 e. The molecule has 3 aromatic rings. The van der Waals surface area contributed by atoms with Crippen LogP contribution in [0.25, 0.3) is 11.4 Å². The molecule has 0 atom stereocenters. The maximum absolute atomic E-state index is 12.9. The first kappa shape index (κ1) is 15.5. The summed E-state index contributed by atoms with van der Waals surface area (Å²) in [6.45, 7) is 0. The summed E-state index contributed by atoms with van der Waals surface area (Å²) in [6, 6.07) is 6.97. The summed E-state index contributed by atoms with van der Waals surface area (Å²) in [6.07, 6.45) is 1.35. The average Bonchev–Trinajstić information content (AvgIpc) is 3.04. The number of hydrogen-bond donors (Lipinski definition) is 0. The summed E-state index contributed by atoms with van der Waals surface area (Å²) < 4.78 is 12.9. The van der Waals surface area contributed by atoms with Crippen molar-refractivity contribution in [2.45, 2.75) is 0 Å². The van der Waals surface area contributed by atoms with Gasteiger partial charge in [0.25, 0.3) is 5.91 Å². The van der Waals surface area contributed by atoms with E-state index in [1.807, 2.05) is 0 Å². The second-order valence-corrected chi connectivity index (χ2v) is 5.84. The third kappa shape index (κ3) is 3.35. The number of halogens is 2. The van der Waals surface area contributed by atoms with E-state index in [1.165, 1.54) is 46.8 Å². The highest BCUT2D eigenvalue weighted by atomic mass is 35.5.